The number of methoxy groups -OCH3 is 1. The highest BCUT2D eigenvalue weighted by Gasteiger charge is 2.45. The van der Waals surface area contributed by atoms with Crippen LogP contribution in [0.3, 0.4) is 0 Å². The van der Waals surface area contributed by atoms with Crippen molar-refractivity contribution in [2.24, 2.45) is 0 Å². The zero-order valence-electron chi connectivity index (χ0n) is 9.54. The Hall–Kier alpha value is -1.46. The van der Waals surface area contributed by atoms with E-state index in [1.54, 1.807) is 0 Å². The van der Waals surface area contributed by atoms with E-state index in [0.29, 0.717) is 0 Å². The number of hydrogen-bond donors (Lipinski definition) is 0. The Morgan fingerprint density at radius 2 is 1.88 bits per heavy atom. The van der Waals surface area contributed by atoms with Crippen molar-refractivity contribution in [1.82, 2.24) is 0 Å². The van der Waals surface area contributed by atoms with Gasteiger partial charge in [0.05, 0.1) is 13.7 Å². The zero-order valence-corrected chi connectivity index (χ0v) is 9.54. The van der Waals surface area contributed by atoms with E-state index in [1.165, 1.54) is 6.92 Å². The van der Waals surface area contributed by atoms with Crippen LogP contribution in [0.5, 0.6) is 0 Å². The van der Waals surface area contributed by atoms with Crippen molar-refractivity contribution in [2.45, 2.75) is 32.4 Å². The van der Waals surface area contributed by atoms with E-state index in [-0.39, 0.29) is 13.0 Å². The first-order chi connectivity index (χ1) is 7.38. The lowest BCUT2D eigenvalue weighted by atomic mass is 9.95. The topological polar surface area (TPSA) is 69.7 Å². The molecule has 0 N–H and O–H groups in total. The Morgan fingerprint density at radius 1 is 1.31 bits per heavy atom. The normalized spacial score (nSPS) is 13.8. The monoisotopic (exact) mass is 234 g/mol. The number of carbonyl (C=O) groups is 3. The number of alkyl halides is 1. The summed E-state index contributed by atoms with van der Waals surface area (Å²) >= 11 is 0. The molecule has 16 heavy (non-hydrogen) atoms. The molecule has 0 radical (unpaired) electrons. The van der Waals surface area contributed by atoms with Gasteiger partial charge >= 0.3 is 11.9 Å². The van der Waals surface area contributed by atoms with Crippen molar-refractivity contribution >= 4 is 17.7 Å². The van der Waals surface area contributed by atoms with Gasteiger partial charge in [-0.15, -0.1) is 0 Å². The van der Waals surface area contributed by atoms with Crippen LogP contribution in [-0.4, -0.2) is 37.1 Å². The summed E-state index contributed by atoms with van der Waals surface area (Å²) in [5.74, 6) is -2.92. The maximum atomic E-state index is 14.0. The molecule has 0 aromatic heterocycles. The molecule has 0 aromatic carbocycles. The van der Waals surface area contributed by atoms with Gasteiger partial charge in [-0.2, -0.15) is 0 Å². The van der Waals surface area contributed by atoms with Crippen LogP contribution in [0.25, 0.3) is 0 Å². The van der Waals surface area contributed by atoms with Gasteiger partial charge in [-0.3, -0.25) is 9.59 Å². The molecule has 0 saturated carbocycles. The maximum absolute atomic E-state index is 14.0. The fourth-order valence-electron chi connectivity index (χ4n) is 1.04. The quantitative estimate of drug-likeness (QED) is 0.502. The Morgan fingerprint density at radius 3 is 2.25 bits per heavy atom. The summed E-state index contributed by atoms with van der Waals surface area (Å²) in [5.41, 5.74) is -2.76. The van der Waals surface area contributed by atoms with E-state index in [9.17, 15) is 18.8 Å². The molecule has 1 atom stereocenters. The molecule has 0 spiro atoms. The minimum absolute atomic E-state index is 0.0317. The van der Waals surface area contributed by atoms with E-state index in [2.05, 4.69) is 9.47 Å². The number of carbonyl (C=O) groups excluding carboxylic acids is 3. The Balaban J connectivity index is 4.64. The van der Waals surface area contributed by atoms with Crippen LogP contribution in [0, 0.1) is 0 Å². The van der Waals surface area contributed by atoms with Crippen molar-refractivity contribution in [2.75, 3.05) is 13.7 Å². The lowest BCUT2D eigenvalue weighted by molar-refractivity contribution is -0.162. The second-order valence-corrected chi connectivity index (χ2v) is 3.15. The van der Waals surface area contributed by atoms with E-state index in [0.717, 1.165) is 14.0 Å². The van der Waals surface area contributed by atoms with Crippen molar-refractivity contribution in [3.63, 3.8) is 0 Å². The van der Waals surface area contributed by atoms with Gasteiger partial charge in [0.25, 0.3) is 5.67 Å². The second-order valence-electron chi connectivity index (χ2n) is 3.15. The number of hydrogen-bond acceptors (Lipinski definition) is 5. The van der Waals surface area contributed by atoms with Gasteiger partial charge in [0.15, 0.2) is 5.78 Å². The van der Waals surface area contributed by atoms with Crippen LogP contribution >= 0.6 is 0 Å². The summed E-state index contributed by atoms with van der Waals surface area (Å²) in [4.78, 5) is 33.1. The van der Waals surface area contributed by atoms with Gasteiger partial charge in [-0.1, -0.05) is 0 Å². The number of ether oxygens (including phenoxy) is 2. The molecule has 0 aliphatic carbocycles. The first-order valence-corrected chi connectivity index (χ1v) is 4.82. The van der Waals surface area contributed by atoms with Gasteiger partial charge in [0.1, 0.15) is 0 Å². The zero-order chi connectivity index (χ0) is 12.8. The molecular weight excluding hydrogens is 219 g/mol. The Bertz CT molecular complexity index is 289. The molecule has 0 heterocycles. The molecule has 0 saturated heterocycles. The maximum Gasteiger partial charge on any atom is 0.351 e. The van der Waals surface area contributed by atoms with Crippen LogP contribution in [0.4, 0.5) is 4.39 Å². The summed E-state index contributed by atoms with van der Waals surface area (Å²) in [6.45, 7) is 2.41. The number of esters is 2. The van der Waals surface area contributed by atoms with Gasteiger partial charge in [0, 0.05) is 12.8 Å². The standard InChI is InChI=1S/C10H15FO5/c1-4-16-9(14)10(11,7(2)12)6-5-8(13)15-3/h4-6H2,1-3H3. The average molecular weight is 234 g/mol. The molecule has 1 unspecified atom stereocenters. The van der Waals surface area contributed by atoms with Crippen LogP contribution in [-0.2, 0) is 23.9 Å². The van der Waals surface area contributed by atoms with Crippen LogP contribution in [0.1, 0.15) is 26.7 Å². The van der Waals surface area contributed by atoms with Gasteiger partial charge in [-0.05, 0) is 13.8 Å². The smallest absolute Gasteiger partial charge is 0.351 e. The lowest BCUT2D eigenvalue weighted by Gasteiger charge is -2.19. The van der Waals surface area contributed by atoms with Crippen LogP contribution in [0.15, 0.2) is 0 Å². The fraction of sp³-hybridized carbons (Fsp3) is 0.700. The molecule has 6 heteroatoms. The van der Waals surface area contributed by atoms with Crippen LogP contribution in [0.2, 0.25) is 0 Å². The average Bonchev–Trinajstić information content (AvgIpc) is 2.25. The number of ketones is 1. The minimum Gasteiger partial charge on any atom is -0.469 e. The summed E-state index contributed by atoms with van der Waals surface area (Å²) in [6, 6.07) is 0. The molecule has 0 bridgehead atoms. The Kier molecular flexibility index (Phi) is 5.63. The molecule has 5 nitrogen and oxygen atoms in total. The van der Waals surface area contributed by atoms with Gasteiger partial charge in [0.2, 0.25) is 0 Å². The largest absolute Gasteiger partial charge is 0.469 e. The molecule has 0 rings (SSSR count). The first-order valence-electron chi connectivity index (χ1n) is 4.82. The Labute approximate surface area is 92.9 Å². The summed E-state index contributed by atoms with van der Waals surface area (Å²) < 4.78 is 22.7. The highest BCUT2D eigenvalue weighted by Crippen LogP contribution is 2.22. The van der Waals surface area contributed by atoms with E-state index >= 15 is 0 Å². The minimum atomic E-state index is -2.76. The van der Waals surface area contributed by atoms with Crippen LogP contribution < -0.4 is 0 Å². The van der Waals surface area contributed by atoms with Crippen molar-refractivity contribution in [3.05, 3.63) is 0 Å². The number of halogens is 1. The molecule has 0 fully saturated rings. The second kappa shape index (κ2) is 6.19. The van der Waals surface area contributed by atoms with E-state index in [1.807, 2.05) is 0 Å². The summed E-state index contributed by atoms with van der Waals surface area (Å²) in [7, 11) is 1.14. The first kappa shape index (κ1) is 14.5. The molecular formula is C10H15FO5. The fourth-order valence-corrected chi connectivity index (χ4v) is 1.04. The highest BCUT2D eigenvalue weighted by atomic mass is 19.1. The predicted molar refractivity (Wildman–Crippen MR) is 52.4 cm³/mol. The number of Topliss-reactive ketones (excluding diaryl/α,β-unsaturated/α-hetero) is 1. The van der Waals surface area contributed by atoms with Crippen molar-refractivity contribution in [1.29, 1.82) is 0 Å². The third-order valence-electron chi connectivity index (χ3n) is 2.06. The molecule has 0 aliphatic heterocycles. The van der Waals surface area contributed by atoms with E-state index in [4.69, 9.17) is 0 Å². The van der Waals surface area contributed by atoms with E-state index < -0.39 is 29.8 Å². The molecule has 0 aliphatic rings. The molecule has 0 aromatic rings. The van der Waals surface area contributed by atoms with Crippen molar-refractivity contribution in [3.8, 4) is 0 Å². The summed E-state index contributed by atoms with van der Waals surface area (Å²) in [5, 5.41) is 0. The molecule has 0 amide bonds. The number of rotatable bonds is 6. The molecule has 92 valence electrons. The highest BCUT2D eigenvalue weighted by molar-refractivity contribution is 6.06. The third kappa shape index (κ3) is 3.60. The SMILES string of the molecule is CCOC(=O)C(F)(CCC(=O)OC)C(C)=O. The third-order valence-corrected chi connectivity index (χ3v) is 2.06. The predicted octanol–water partition coefficient (Wildman–Crippen LogP) is 0.800. The van der Waals surface area contributed by atoms with Gasteiger partial charge < -0.3 is 9.47 Å². The van der Waals surface area contributed by atoms with Crippen molar-refractivity contribution < 1.29 is 28.2 Å². The lowest BCUT2D eigenvalue weighted by Crippen LogP contribution is -2.42. The summed E-state index contributed by atoms with van der Waals surface area (Å²) in [6.07, 6.45) is -0.917. The van der Waals surface area contributed by atoms with Gasteiger partial charge in [-0.25, -0.2) is 9.18 Å².